The summed E-state index contributed by atoms with van der Waals surface area (Å²) in [6.07, 6.45) is 0.746. The van der Waals surface area contributed by atoms with Crippen molar-refractivity contribution in [2.24, 2.45) is 0 Å². The molecular weight excluding hydrogens is 463 g/mol. The average Bonchev–Trinajstić information content (AvgIpc) is 2.69. The van der Waals surface area contributed by atoms with Gasteiger partial charge in [-0.25, -0.2) is 0 Å². The molecule has 2 aromatic rings. The molecule has 0 aliphatic carbocycles. The van der Waals surface area contributed by atoms with Gasteiger partial charge >= 0.3 is 0 Å². The van der Waals surface area contributed by atoms with Gasteiger partial charge in [0.05, 0.1) is 19.3 Å². The van der Waals surface area contributed by atoms with Gasteiger partial charge < -0.3 is 30.7 Å². The summed E-state index contributed by atoms with van der Waals surface area (Å²) in [7, 11) is 1.91. The Labute approximate surface area is 202 Å². The highest BCUT2D eigenvalue weighted by molar-refractivity contribution is 6.30. The van der Waals surface area contributed by atoms with Gasteiger partial charge in [-0.15, -0.1) is 24.8 Å². The van der Waals surface area contributed by atoms with Crippen LogP contribution in [-0.4, -0.2) is 56.6 Å². The second-order valence-corrected chi connectivity index (χ2v) is 7.18. The van der Waals surface area contributed by atoms with Crippen molar-refractivity contribution < 1.29 is 20.1 Å². The first-order chi connectivity index (χ1) is 13.6. The average molecular weight is 498 g/mol. The Morgan fingerprint density at radius 3 is 2.39 bits per heavy atom. The molecule has 0 amide bonds. The predicted octanol–water partition coefficient (Wildman–Crippen LogP) is 3.23. The van der Waals surface area contributed by atoms with E-state index in [1.165, 1.54) is 5.56 Å². The van der Waals surface area contributed by atoms with E-state index in [-0.39, 0.29) is 49.0 Å². The molecule has 2 rings (SSSR count). The molecule has 0 aromatic heterocycles. The molecule has 0 spiro atoms. The largest absolute Gasteiger partial charge is 0.492 e. The number of benzene rings is 2. The van der Waals surface area contributed by atoms with Crippen molar-refractivity contribution in [2.75, 3.05) is 40.0 Å². The Hall–Kier alpha value is -1.09. The van der Waals surface area contributed by atoms with Crippen LogP contribution in [0.15, 0.2) is 48.5 Å². The Morgan fingerprint density at radius 1 is 1.06 bits per heavy atom. The molecule has 6 nitrogen and oxygen atoms in total. The first-order valence-corrected chi connectivity index (χ1v) is 10.1. The summed E-state index contributed by atoms with van der Waals surface area (Å²) in [6.45, 7) is 4.57. The van der Waals surface area contributed by atoms with Gasteiger partial charge in [0, 0.05) is 24.2 Å². The summed E-state index contributed by atoms with van der Waals surface area (Å²) < 4.78 is 11.5. The lowest BCUT2D eigenvalue weighted by atomic mass is 10.1. The molecule has 0 aliphatic heterocycles. The van der Waals surface area contributed by atoms with Gasteiger partial charge in [-0.3, -0.25) is 0 Å². The van der Waals surface area contributed by atoms with Crippen LogP contribution in [0.5, 0.6) is 5.75 Å². The second kappa shape index (κ2) is 18.5. The van der Waals surface area contributed by atoms with Crippen LogP contribution in [-0.2, 0) is 11.2 Å². The Bertz CT molecular complexity index is 693. The van der Waals surface area contributed by atoms with Crippen LogP contribution in [0.4, 0.5) is 0 Å². The highest BCUT2D eigenvalue weighted by Crippen LogP contribution is 2.21. The zero-order valence-electron chi connectivity index (χ0n) is 18.0. The number of ether oxygens (including phenoxy) is 2. The molecule has 5 N–H and O–H groups in total. The molecule has 2 atom stereocenters. The molecule has 2 unspecified atom stereocenters. The Morgan fingerprint density at radius 2 is 1.77 bits per heavy atom. The summed E-state index contributed by atoms with van der Waals surface area (Å²) in [5.74, 6) is 0.887. The molecular formula is C22H35Cl3N2O4. The van der Waals surface area contributed by atoms with E-state index in [9.17, 15) is 0 Å². The van der Waals surface area contributed by atoms with E-state index < -0.39 is 0 Å². The molecule has 0 radical (unpaired) electrons. The zero-order chi connectivity index (χ0) is 20.2. The summed E-state index contributed by atoms with van der Waals surface area (Å²) in [5, 5.41) is 16.4. The van der Waals surface area contributed by atoms with Gasteiger partial charge in [0.2, 0.25) is 0 Å². The maximum Gasteiger partial charge on any atom is 0.119 e. The quantitative estimate of drug-likeness (QED) is 0.369. The van der Waals surface area contributed by atoms with E-state index in [1.54, 1.807) is 0 Å². The number of hydrogen-bond acceptors (Lipinski definition) is 5. The molecule has 0 saturated carbocycles. The summed E-state index contributed by atoms with van der Waals surface area (Å²) >= 11 is 6.11. The number of likely N-dealkylation sites (N-methyl/N-ethyl adjacent to an activating group) is 1. The molecule has 0 heterocycles. The molecule has 0 bridgehead atoms. The van der Waals surface area contributed by atoms with Gasteiger partial charge in [-0.2, -0.15) is 0 Å². The van der Waals surface area contributed by atoms with E-state index in [0.717, 1.165) is 24.3 Å². The number of halogens is 3. The highest BCUT2D eigenvalue weighted by Gasteiger charge is 2.14. The Balaban J connectivity index is 0. The standard InChI is InChI=1S/C22H31ClN2O3.2ClH.H2O/c1-17(14-18-6-8-21(9-7-18)27-12-10-24-2)25-16-22(28-13-11-26)19-4-3-5-20(23)15-19;;;/h3-9,15,17,22,24-26H,10-14,16H2,1-2H3;2*1H;1H2. The van der Waals surface area contributed by atoms with Crippen molar-refractivity contribution in [2.45, 2.75) is 25.5 Å². The topological polar surface area (TPSA) is 94.2 Å². The summed E-state index contributed by atoms with van der Waals surface area (Å²) in [5.41, 5.74) is 2.25. The van der Waals surface area contributed by atoms with Crippen LogP contribution in [0.1, 0.15) is 24.2 Å². The monoisotopic (exact) mass is 496 g/mol. The number of aliphatic hydroxyl groups is 1. The normalized spacial score (nSPS) is 12.0. The third-order valence-corrected chi connectivity index (χ3v) is 4.60. The number of rotatable bonds is 13. The minimum atomic E-state index is -0.156. The number of aliphatic hydroxyl groups excluding tert-OH is 1. The third kappa shape index (κ3) is 12.5. The molecule has 31 heavy (non-hydrogen) atoms. The van der Waals surface area contributed by atoms with Gasteiger partial charge in [0.25, 0.3) is 0 Å². The van der Waals surface area contributed by atoms with E-state index in [1.807, 2.05) is 43.4 Å². The van der Waals surface area contributed by atoms with Crippen LogP contribution in [0.3, 0.4) is 0 Å². The predicted molar refractivity (Wildman–Crippen MR) is 132 cm³/mol. The lowest BCUT2D eigenvalue weighted by molar-refractivity contribution is 0.0269. The minimum absolute atomic E-state index is 0. The second-order valence-electron chi connectivity index (χ2n) is 6.75. The van der Waals surface area contributed by atoms with Crippen LogP contribution in [0.25, 0.3) is 0 Å². The van der Waals surface area contributed by atoms with Crippen molar-refractivity contribution in [3.63, 3.8) is 0 Å². The fourth-order valence-corrected chi connectivity index (χ4v) is 3.10. The molecule has 9 heteroatoms. The molecule has 0 aliphatic rings. The fraction of sp³-hybridized carbons (Fsp3) is 0.455. The molecule has 0 saturated heterocycles. The van der Waals surface area contributed by atoms with E-state index in [2.05, 4.69) is 29.7 Å². The van der Waals surface area contributed by atoms with Crippen molar-refractivity contribution in [1.29, 1.82) is 0 Å². The zero-order valence-corrected chi connectivity index (χ0v) is 20.4. The van der Waals surface area contributed by atoms with Gasteiger partial charge in [0.15, 0.2) is 0 Å². The van der Waals surface area contributed by atoms with Gasteiger partial charge in [-0.05, 0) is 55.8 Å². The van der Waals surface area contributed by atoms with E-state index >= 15 is 0 Å². The van der Waals surface area contributed by atoms with Crippen molar-refractivity contribution in [3.8, 4) is 5.75 Å². The van der Waals surface area contributed by atoms with Gasteiger partial charge in [-0.1, -0.05) is 35.9 Å². The number of nitrogens with one attached hydrogen (secondary N) is 2. The minimum Gasteiger partial charge on any atom is -0.492 e. The summed E-state index contributed by atoms with van der Waals surface area (Å²) in [6, 6.07) is 16.2. The van der Waals surface area contributed by atoms with E-state index in [4.69, 9.17) is 26.2 Å². The van der Waals surface area contributed by atoms with Crippen molar-refractivity contribution >= 4 is 36.4 Å². The highest BCUT2D eigenvalue weighted by atomic mass is 35.5. The molecule has 178 valence electrons. The van der Waals surface area contributed by atoms with Crippen LogP contribution < -0.4 is 15.4 Å². The Kier molecular flexibility index (Phi) is 19.1. The fourth-order valence-electron chi connectivity index (χ4n) is 2.90. The van der Waals surface area contributed by atoms with Crippen LogP contribution in [0.2, 0.25) is 5.02 Å². The van der Waals surface area contributed by atoms with Crippen molar-refractivity contribution in [1.82, 2.24) is 10.6 Å². The van der Waals surface area contributed by atoms with Crippen molar-refractivity contribution in [3.05, 3.63) is 64.7 Å². The summed E-state index contributed by atoms with van der Waals surface area (Å²) in [4.78, 5) is 0. The smallest absolute Gasteiger partial charge is 0.119 e. The SMILES string of the molecule is CNCCOc1ccc(CC(C)NCC(OCCO)c2cccc(Cl)c2)cc1.Cl.Cl.O. The maximum absolute atomic E-state index is 9.09. The van der Waals surface area contributed by atoms with Crippen LogP contribution >= 0.6 is 36.4 Å². The van der Waals surface area contributed by atoms with Crippen LogP contribution in [0, 0.1) is 0 Å². The lowest BCUT2D eigenvalue weighted by Crippen LogP contribution is -2.33. The first kappa shape index (κ1) is 32.1. The molecule has 0 fully saturated rings. The van der Waals surface area contributed by atoms with Gasteiger partial charge in [0.1, 0.15) is 12.4 Å². The first-order valence-electron chi connectivity index (χ1n) is 9.70. The van der Waals surface area contributed by atoms with E-state index in [0.29, 0.717) is 24.8 Å². The lowest BCUT2D eigenvalue weighted by Gasteiger charge is -2.22. The number of hydrogen-bond donors (Lipinski definition) is 3. The maximum atomic E-state index is 9.09. The molecule has 2 aromatic carbocycles. The third-order valence-electron chi connectivity index (χ3n) is 4.37.